The van der Waals surface area contributed by atoms with Crippen molar-refractivity contribution in [2.24, 2.45) is 0 Å². The zero-order valence-corrected chi connectivity index (χ0v) is 20.5. The second-order valence-electron chi connectivity index (χ2n) is 9.64. The first-order valence-corrected chi connectivity index (χ1v) is 11.3. The van der Waals surface area contributed by atoms with Gasteiger partial charge in [0.25, 0.3) is 5.91 Å². The van der Waals surface area contributed by atoms with Gasteiger partial charge in [-0.3, -0.25) is 14.3 Å². The number of fused-ring (bicyclic) bond motifs is 3. The minimum atomic E-state index is -0.317. The number of nitrogens with zero attached hydrogens (tertiary/aromatic N) is 4. The average Bonchev–Trinajstić information content (AvgIpc) is 3.17. The topological polar surface area (TPSA) is 69.5 Å². The van der Waals surface area contributed by atoms with Gasteiger partial charge in [0.05, 0.1) is 24.6 Å². The third-order valence-electron chi connectivity index (χ3n) is 6.02. The fourth-order valence-electron chi connectivity index (χ4n) is 4.03. The van der Waals surface area contributed by atoms with Crippen molar-refractivity contribution in [3.63, 3.8) is 0 Å². The molecule has 0 atom stereocenters. The van der Waals surface area contributed by atoms with E-state index < -0.39 is 0 Å². The number of aryl methyl sites for hydroxylation is 1. The summed E-state index contributed by atoms with van der Waals surface area (Å²) in [5, 5.41) is 0. The van der Waals surface area contributed by atoms with Crippen LogP contribution in [0.3, 0.4) is 0 Å². The van der Waals surface area contributed by atoms with Crippen LogP contribution in [0, 0.1) is 0 Å². The van der Waals surface area contributed by atoms with E-state index in [9.17, 15) is 4.79 Å². The monoisotopic (exact) mass is 448 g/mol. The number of benzene rings is 1. The maximum Gasteiger partial charge on any atom is 0.274 e. The third-order valence-corrected chi connectivity index (χ3v) is 6.02. The van der Waals surface area contributed by atoms with Crippen LogP contribution in [0.15, 0.2) is 36.7 Å². The molecule has 1 amide bonds. The van der Waals surface area contributed by atoms with E-state index in [0.29, 0.717) is 23.6 Å². The summed E-state index contributed by atoms with van der Waals surface area (Å²) < 4.78 is 13.8. The Kier molecular flexibility index (Phi) is 5.91. The lowest BCUT2D eigenvalue weighted by atomic mass is 9.98. The first-order chi connectivity index (χ1) is 15.6. The van der Waals surface area contributed by atoms with Crippen molar-refractivity contribution in [1.29, 1.82) is 0 Å². The summed E-state index contributed by atoms with van der Waals surface area (Å²) in [7, 11) is 3.48. The number of methoxy groups -OCH3 is 1. The van der Waals surface area contributed by atoms with Crippen LogP contribution in [-0.4, -0.2) is 51.1 Å². The Morgan fingerprint density at radius 1 is 1.12 bits per heavy atom. The predicted molar refractivity (Wildman–Crippen MR) is 128 cm³/mol. The molecule has 1 aromatic carbocycles. The summed E-state index contributed by atoms with van der Waals surface area (Å²) in [6.45, 7) is 10.0. The van der Waals surface area contributed by atoms with Crippen LogP contribution in [0.5, 0.6) is 11.5 Å². The van der Waals surface area contributed by atoms with Crippen molar-refractivity contribution in [3.8, 4) is 28.6 Å². The van der Waals surface area contributed by atoms with Crippen LogP contribution >= 0.6 is 0 Å². The highest BCUT2D eigenvalue weighted by Crippen LogP contribution is 2.40. The Hall–Kier alpha value is -3.35. The normalized spacial score (nSPS) is 12.8. The number of hydrogen-bond acceptors (Lipinski definition) is 5. The minimum Gasteiger partial charge on any atom is -0.493 e. The Bertz CT molecular complexity index is 1180. The van der Waals surface area contributed by atoms with Gasteiger partial charge in [0.1, 0.15) is 5.82 Å². The maximum atomic E-state index is 13.5. The van der Waals surface area contributed by atoms with Gasteiger partial charge in [-0.15, -0.1) is 0 Å². The summed E-state index contributed by atoms with van der Waals surface area (Å²) in [4.78, 5) is 24.3. The number of carbonyl (C=O) groups is 1. The van der Waals surface area contributed by atoms with Crippen molar-refractivity contribution >= 4 is 5.91 Å². The molecule has 0 aliphatic carbocycles. The lowest BCUT2D eigenvalue weighted by Crippen LogP contribution is -2.43. The molecule has 0 bridgehead atoms. The lowest BCUT2D eigenvalue weighted by Gasteiger charge is -2.32. The van der Waals surface area contributed by atoms with Gasteiger partial charge in [-0.05, 0) is 71.2 Å². The standard InChI is InChI=1S/C26H32N4O3/c1-16(2)33-22-15-20-18(14-21(22)32-7)8-9-19-23(25(31)29(6)26(3,4)5)28-24(30(19)20)17-10-12-27-13-11-17/h10-16H,8-9H2,1-7H3. The molecule has 0 fully saturated rings. The van der Waals surface area contributed by atoms with E-state index >= 15 is 0 Å². The summed E-state index contributed by atoms with van der Waals surface area (Å²) in [6, 6.07) is 7.88. The maximum absolute atomic E-state index is 13.5. The van der Waals surface area contributed by atoms with Crippen LogP contribution < -0.4 is 9.47 Å². The average molecular weight is 449 g/mol. The molecule has 0 saturated carbocycles. The highest BCUT2D eigenvalue weighted by Gasteiger charge is 2.33. The highest BCUT2D eigenvalue weighted by molar-refractivity contribution is 5.95. The molecular formula is C26H32N4O3. The molecule has 1 aliphatic rings. The molecular weight excluding hydrogens is 416 g/mol. The number of hydrogen-bond donors (Lipinski definition) is 0. The second-order valence-corrected chi connectivity index (χ2v) is 9.64. The van der Waals surface area contributed by atoms with Crippen molar-refractivity contribution < 1.29 is 14.3 Å². The number of ether oxygens (including phenoxy) is 2. The number of imidazole rings is 1. The molecule has 3 heterocycles. The Morgan fingerprint density at radius 3 is 2.42 bits per heavy atom. The van der Waals surface area contributed by atoms with Crippen LogP contribution in [0.4, 0.5) is 0 Å². The number of amides is 1. The lowest BCUT2D eigenvalue weighted by molar-refractivity contribution is 0.0649. The molecule has 7 nitrogen and oxygen atoms in total. The number of rotatable bonds is 5. The van der Waals surface area contributed by atoms with Crippen LogP contribution in [0.25, 0.3) is 17.1 Å². The Balaban J connectivity index is 1.96. The van der Waals surface area contributed by atoms with E-state index in [2.05, 4.69) is 9.55 Å². The van der Waals surface area contributed by atoms with E-state index in [1.165, 1.54) is 0 Å². The smallest absolute Gasteiger partial charge is 0.274 e. The van der Waals surface area contributed by atoms with Gasteiger partial charge < -0.3 is 14.4 Å². The van der Waals surface area contributed by atoms with Crippen LogP contribution in [0.1, 0.15) is 56.4 Å². The molecule has 0 saturated heterocycles. The van der Waals surface area contributed by atoms with Crippen LogP contribution in [-0.2, 0) is 12.8 Å². The van der Waals surface area contributed by atoms with Gasteiger partial charge in [0, 0.05) is 36.6 Å². The number of aromatic nitrogens is 3. The second kappa shape index (κ2) is 8.54. The molecule has 0 N–H and O–H groups in total. The molecule has 2 aromatic heterocycles. The van der Waals surface area contributed by atoms with Crippen molar-refractivity contribution in [2.75, 3.05) is 14.2 Å². The Morgan fingerprint density at radius 2 is 1.82 bits per heavy atom. The molecule has 33 heavy (non-hydrogen) atoms. The Labute approximate surface area is 195 Å². The van der Waals surface area contributed by atoms with Gasteiger partial charge in [-0.25, -0.2) is 4.98 Å². The molecule has 1 aliphatic heterocycles. The molecule has 7 heteroatoms. The minimum absolute atomic E-state index is 0.0000373. The zero-order valence-electron chi connectivity index (χ0n) is 20.5. The highest BCUT2D eigenvalue weighted by atomic mass is 16.5. The molecule has 0 unspecified atom stereocenters. The predicted octanol–water partition coefficient (Wildman–Crippen LogP) is 4.70. The van der Waals surface area contributed by atoms with Crippen LogP contribution in [0.2, 0.25) is 0 Å². The van der Waals surface area contributed by atoms with Gasteiger partial charge >= 0.3 is 0 Å². The quantitative estimate of drug-likeness (QED) is 0.566. The zero-order chi connectivity index (χ0) is 23.9. The largest absolute Gasteiger partial charge is 0.493 e. The third kappa shape index (κ3) is 4.19. The number of pyridine rings is 1. The molecule has 4 rings (SSSR count). The van der Waals surface area contributed by atoms with E-state index in [1.54, 1.807) is 24.4 Å². The van der Waals surface area contributed by atoms with Gasteiger partial charge in [-0.1, -0.05) is 0 Å². The summed E-state index contributed by atoms with van der Waals surface area (Å²) in [5.41, 5.74) is 4.08. The van der Waals surface area contributed by atoms with Crippen molar-refractivity contribution in [2.45, 2.75) is 59.1 Å². The number of carbonyl (C=O) groups excluding carboxylic acids is 1. The first-order valence-electron chi connectivity index (χ1n) is 11.3. The van der Waals surface area contributed by atoms with Crippen molar-refractivity contribution in [3.05, 3.63) is 53.6 Å². The van der Waals surface area contributed by atoms with E-state index in [0.717, 1.165) is 34.8 Å². The van der Waals surface area contributed by atoms with Crippen molar-refractivity contribution in [1.82, 2.24) is 19.4 Å². The fraction of sp³-hybridized carbons (Fsp3) is 0.423. The van der Waals surface area contributed by atoms with Gasteiger partial charge in [-0.2, -0.15) is 0 Å². The molecule has 174 valence electrons. The van der Waals surface area contributed by atoms with Gasteiger partial charge in [0.15, 0.2) is 17.2 Å². The summed E-state index contributed by atoms with van der Waals surface area (Å²) >= 11 is 0. The molecule has 3 aromatic rings. The first kappa shape index (κ1) is 22.8. The SMILES string of the molecule is COc1cc2c(cc1OC(C)C)-n1c(-c3ccncc3)nc(C(=O)N(C)C(C)(C)C)c1CC2. The summed E-state index contributed by atoms with van der Waals surface area (Å²) in [6.07, 6.45) is 4.97. The molecule has 0 radical (unpaired) electrons. The van der Waals surface area contributed by atoms with Gasteiger partial charge in [0.2, 0.25) is 0 Å². The molecule has 0 spiro atoms. The fourth-order valence-corrected chi connectivity index (χ4v) is 4.03. The van der Waals surface area contributed by atoms with E-state index in [4.69, 9.17) is 14.5 Å². The summed E-state index contributed by atoms with van der Waals surface area (Å²) in [5.74, 6) is 2.02. The van der Waals surface area contributed by atoms with E-state index in [1.807, 2.05) is 65.9 Å². The van der Waals surface area contributed by atoms with E-state index in [-0.39, 0.29) is 17.6 Å².